The van der Waals surface area contributed by atoms with Crippen LogP contribution in [0.3, 0.4) is 0 Å². The Balaban J connectivity index is 1.91. The van der Waals surface area contributed by atoms with Crippen molar-refractivity contribution in [3.63, 3.8) is 0 Å². The van der Waals surface area contributed by atoms with Gasteiger partial charge in [-0.25, -0.2) is 4.52 Å². The van der Waals surface area contributed by atoms with Gasteiger partial charge in [0.05, 0.1) is 11.7 Å². The van der Waals surface area contributed by atoms with E-state index in [-0.39, 0.29) is 0 Å². The van der Waals surface area contributed by atoms with E-state index in [4.69, 9.17) is 0 Å². The molecule has 0 radical (unpaired) electrons. The average Bonchev–Trinajstić information content (AvgIpc) is 3.12. The van der Waals surface area contributed by atoms with E-state index >= 15 is 0 Å². The number of nitrogens with one attached hydrogen (secondary N) is 1. The molecular weight excluding hydrogens is 266 g/mol. The van der Waals surface area contributed by atoms with Crippen LogP contribution in [0.5, 0.6) is 0 Å². The van der Waals surface area contributed by atoms with E-state index in [2.05, 4.69) is 46.3 Å². The van der Waals surface area contributed by atoms with Crippen LogP contribution in [0.4, 0.5) is 0 Å². The third-order valence-corrected chi connectivity index (χ3v) is 4.22. The van der Waals surface area contributed by atoms with Crippen molar-refractivity contribution in [2.24, 2.45) is 0 Å². The zero-order valence-corrected chi connectivity index (χ0v) is 12.4. The number of aromatic nitrogens is 2. The largest absolute Gasteiger partial charge is 0.310 e. The summed E-state index contributed by atoms with van der Waals surface area (Å²) in [6.45, 7) is 3.23. The second-order valence-corrected chi connectivity index (χ2v) is 5.75. The maximum atomic E-state index is 4.46. The van der Waals surface area contributed by atoms with Crippen molar-refractivity contribution in [3.05, 3.63) is 58.5 Å². The molecular formula is C16H19N3S. The van der Waals surface area contributed by atoms with E-state index in [1.165, 1.54) is 16.6 Å². The fourth-order valence-electron chi connectivity index (χ4n) is 2.48. The molecule has 3 heterocycles. The highest BCUT2D eigenvalue weighted by Crippen LogP contribution is 2.23. The minimum absolute atomic E-state index is 0.324. The minimum atomic E-state index is 0.324. The standard InChI is InChI=1S/C16H19N3S/c1-2-7-17-15(10-13-6-9-20-12-13)14-11-18-19-8-4-3-5-16(14)19/h3-6,8-9,11-12,15,17H,2,7,10H2,1H3. The number of thiophene rings is 1. The number of pyridine rings is 1. The molecule has 0 amide bonds. The molecule has 0 aliphatic rings. The molecule has 1 atom stereocenters. The Morgan fingerprint density at radius 3 is 3.10 bits per heavy atom. The van der Waals surface area contributed by atoms with E-state index in [9.17, 15) is 0 Å². The van der Waals surface area contributed by atoms with Gasteiger partial charge in [0.1, 0.15) is 0 Å². The predicted molar refractivity (Wildman–Crippen MR) is 84.2 cm³/mol. The molecule has 0 saturated carbocycles. The van der Waals surface area contributed by atoms with Crippen molar-refractivity contribution in [2.45, 2.75) is 25.8 Å². The Labute approximate surface area is 123 Å². The van der Waals surface area contributed by atoms with E-state index < -0.39 is 0 Å². The second-order valence-electron chi connectivity index (χ2n) is 4.97. The Kier molecular flexibility index (Phi) is 4.14. The van der Waals surface area contributed by atoms with Gasteiger partial charge in [-0.2, -0.15) is 16.4 Å². The van der Waals surface area contributed by atoms with E-state index in [1.54, 1.807) is 11.3 Å². The summed E-state index contributed by atoms with van der Waals surface area (Å²) in [6.07, 6.45) is 6.15. The lowest BCUT2D eigenvalue weighted by atomic mass is 10.0. The number of nitrogens with zero attached hydrogens (tertiary/aromatic N) is 2. The van der Waals surface area contributed by atoms with Crippen molar-refractivity contribution < 1.29 is 0 Å². The molecule has 0 bridgehead atoms. The second kappa shape index (κ2) is 6.20. The van der Waals surface area contributed by atoms with Gasteiger partial charge in [0.25, 0.3) is 0 Å². The molecule has 3 rings (SSSR count). The highest BCUT2D eigenvalue weighted by Gasteiger charge is 2.16. The molecule has 0 spiro atoms. The lowest BCUT2D eigenvalue weighted by Crippen LogP contribution is -2.23. The molecule has 1 unspecified atom stereocenters. The molecule has 20 heavy (non-hydrogen) atoms. The molecule has 3 aromatic heterocycles. The zero-order chi connectivity index (χ0) is 13.8. The van der Waals surface area contributed by atoms with Gasteiger partial charge in [-0.3, -0.25) is 0 Å². The number of hydrogen-bond acceptors (Lipinski definition) is 3. The summed E-state index contributed by atoms with van der Waals surface area (Å²) in [4.78, 5) is 0. The Morgan fingerprint density at radius 1 is 1.35 bits per heavy atom. The molecule has 0 aliphatic heterocycles. The van der Waals surface area contributed by atoms with Gasteiger partial charge >= 0.3 is 0 Å². The highest BCUT2D eigenvalue weighted by molar-refractivity contribution is 7.07. The molecule has 3 aromatic rings. The van der Waals surface area contributed by atoms with Gasteiger partial charge < -0.3 is 5.32 Å². The fourth-order valence-corrected chi connectivity index (χ4v) is 3.16. The molecule has 4 heteroatoms. The summed E-state index contributed by atoms with van der Waals surface area (Å²) in [6, 6.07) is 8.75. The summed E-state index contributed by atoms with van der Waals surface area (Å²) in [5, 5.41) is 12.5. The molecule has 0 aromatic carbocycles. The van der Waals surface area contributed by atoms with Crippen molar-refractivity contribution in [1.82, 2.24) is 14.9 Å². The van der Waals surface area contributed by atoms with E-state index in [0.29, 0.717) is 6.04 Å². The quantitative estimate of drug-likeness (QED) is 0.748. The SMILES string of the molecule is CCCNC(Cc1ccsc1)c1cnn2ccccc12. The first-order valence-corrected chi connectivity index (χ1v) is 7.99. The van der Waals surface area contributed by atoms with Crippen molar-refractivity contribution in [3.8, 4) is 0 Å². The van der Waals surface area contributed by atoms with E-state index in [0.717, 1.165) is 19.4 Å². The summed E-state index contributed by atoms with van der Waals surface area (Å²) in [5.74, 6) is 0. The van der Waals surface area contributed by atoms with Gasteiger partial charge in [-0.1, -0.05) is 13.0 Å². The lowest BCUT2D eigenvalue weighted by molar-refractivity contribution is 0.532. The Morgan fingerprint density at radius 2 is 2.30 bits per heavy atom. The summed E-state index contributed by atoms with van der Waals surface area (Å²) in [7, 11) is 0. The minimum Gasteiger partial charge on any atom is -0.310 e. The lowest BCUT2D eigenvalue weighted by Gasteiger charge is -2.17. The van der Waals surface area contributed by atoms with Crippen LogP contribution in [0.2, 0.25) is 0 Å². The molecule has 0 aliphatic carbocycles. The van der Waals surface area contributed by atoms with Crippen molar-refractivity contribution in [2.75, 3.05) is 6.54 Å². The van der Waals surface area contributed by atoms with Crippen LogP contribution in [0, 0.1) is 0 Å². The maximum absolute atomic E-state index is 4.46. The first-order chi connectivity index (χ1) is 9.88. The van der Waals surface area contributed by atoms with E-state index in [1.807, 2.05) is 23.0 Å². The van der Waals surface area contributed by atoms with Gasteiger partial charge in [-0.05, 0) is 53.9 Å². The third kappa shape index (κ3) is 2.76. The summed E-state index contributed by atoms with van der Waals surface area (Å²) < 4.78 is 1.95. The number of rotatable bonds is 6. The number of hydrogen-bond donors (Lipinski definition) is 1. The van der Waals surface area contributed by atoms with Gasteiger partial charge in [0, 0.05) is 17.8 Å². The Hall–Kier alpha value is -1.65. The fraction of sp³-hybridized carbons (Fsp3) is 0.312. The summed E-state index contributed by atoms with van der Waals surface area (Å²) >= 11 is 1.76. The summed E-state index contributed by atoms with van der Waals surface area (Å²) in [5.41, 5.74) is 3.86. The molecule has 1 N–H and O–H groups in total. The zero-order valence-electron chi connectivity index (χ0n) is 11.6. The van der Waals surface area contributed by atoms with Crippen molar-refractivity contribution >= 4 is 16.9 Å². The average molecular weight is 285 g/mol. The normalized spacial score (nSPS) is 12.8. The monoisotopic (exact) mass is 285 g/mol. The molecule has 0 fully saturated rings. The third-order valence-electron chi connectivity index (χ3n) is 3.49. The topological polar surface area (TPSA) is 29.3 Å². The van der Waals surface area contributed by atoms with Crippen LogP contribution in [0.25, 0.3) is 5.52 Å². The Bertz CT molecular complexity index is 657. The van der Waals surface area contributed by atoms with Crippen molar-refractivity contribution in [1.29, 1.82) is 0 Å². The van der Waals surface area contributed by atoms with Crippen LogP contribution in [0.1, 0.15) is 30.5 Å². The van der Waals surface area contributed by atoms with Gasteiger partial charge in [0.15, 0.2) is 0 Å². The van der Waals surface area contributed by atoms with Gasteiger partial charge in [-0.15, -0.1) is 0 Å². The van der Waals surface area contributed by atoms with Crippen LogP contribution < -0.4 is 5.32 Å². The first kappa shape index (κ1) is 13.3. The first-order valence-electron chi connectivity index (χ1n) is 7.05. The maximum Gasteiger partial charge on any atom is 0.0709 e. The highest BCUT2D eigenvalue weighted by atomic mass is 32.1. The van der Waals surface area contributed by atoms with Crippen LogP contribution in [-0.2, 0) is 6.42 Å². The number of fused-ring (bicyclic) bond motifs is 1. The predicted octanol–water partition coefficient (Wildman–Crippen LogP) is 3.68. The smallest absolute Gasteiger partial charge is 0.0709 e. The molecule has 0 saturated heterocycles. The van der Waals surface area contributed by atoms with Crippen LogP contribution in [0.15, 0.2) is 47.4 Å². The molecule has 104 valence electrons. The van der Waals surface area contributed by atoms with Crippen LogP contribution in [-0.4, -0.2) is 16.2 Å². The van der Waals surface area contributed by atoms with Gasteiger partial charge in [0.2, 0.25) is 0 Å². The molecule has 3 nitrogen and oxygen atoms in total. The van der Waals surface area contributed by atoms with Crippen LogP contribution >= 0.6 is 11.3 Å².